The van der Waals surface area contributed by atoms with Crippen molar-refractivity contribution < 1.29 is 9.59 Å². The van der Waals surface area contributed by atoms with E-state index >= 15 is 0 Å². The first-order valence-corrected chi connectivity index (χ1v) is 8.93. The lowest BCUT2D eigenvalue weighted by Crippen LogP contribution is -2.48. The van der Waals surface area contributed by atoms with Crippen LogP contribution in [0.2, 0.25) is 0 Å². The van der Waals surface area contributed by atoms with Gasteiger partial charge in [-0.2, -0.15) is 11.8 Å². The predicted molar refractivity (Wildman–Crippen MR) is 105 cm³/mol. The molecule has 0 aliphatic carbocycles. The summed E-state index contributed by atoms with van der Waals surface area (Å²) in [4.78, 5) is 31.1. The third-order valence-corrected chi connectivity index (χ3v) is 5.12. The van der Waals surface area contributed by atoms with Crippen LogP contribution in [-0.2, 0) is 4.79 Å². The molecular weight excluding hydrogens is 429 g/mol. The Hall–Kier alpha value is -0.710. The molecule has 0 aromatic carbocycles. The van der Waals surface area contributed by atoms with E-state index in [1.165, 1.54) is 4.90 Å². The summed E-state index contributed by atoms with van der Waals surface area (Å²) in [6, 6.07) is -0.314. The average Bonchev–Trinajstić information content (AvgIpc) is 2.86. The minimum Gasteiger partial charge on any atom is -0.357 e. The fraction of sp³-hybridized carbons (Fsp3) is 0.786. The van der Waals surface area contributed by atoms with Gasteiger partial charge in [-0.15, -0.1) is 24.0 Å². The van der Waals surface area contributed by atoms with Crippen LogP contribution in [0.1, 0.15) is 20.3 Å². The van der Waals surface area contributed by atoms with Crippen LogP contribution >= 0.6 is 35.7 Å². The average molecular weight is 455 g/mol. The Labute approximate surface area is 159 Å². The molecule has 23 heavy (non-hydrogen) atoms. The van der Waals surface area contributed by atoms with E-state index in [9.17, 15) is 9.59 Å². The Morgan fingerprint density at radius 3 is 2.83 bits per heavy atom. The van der Waals surface area contributed by atoms with E-state index in [0.717, 1.165) is 37.8 Å². The Bertz CT molecular complexity index is 433. The molecule has 9 heteroatoms. The highest BCUT2D eigenvalue weighted by Crippen LogP contribution is 2.21. The van der Waals surface area contributed by atoms with Crippen molar-refractivity contribution in [1.29, 1.82) is 0 Å². The quantitative estimate of drug-likeness (QED) is 0.280. The number of halogens is 1. The first-order valence-electron chi connectivity index (χ1n) is 7.88. The number of hydrogen-bond acceptors (Lipinski definition) is 4. The standard InChI is InChI=1S/C14H25N5O2S.HI/c1-3-11-10-18(7-8-22-11)13(15-4-2)16-5-6-19-12(20)9-17-14(19)21;/h11H,3-10H2,1-2H3,(H,15,16)(H,17,21);1H. The Balaban J connectivity index is 0.00000264. The molecule has 0 radical (unpaired) electrons. The SMILES string of the molecule is CCNC(=NCCN1C(=O)CNC1=O)N1CCSC(CC)C1.I. The number of thioether (sulfide) groups is 1. The molecule has 1 unspecified atom stereocenters. The van der Waals surface area contributed by atoms with Crippen LogP contribution in [0.25, 0.3) is 0 Å². The fourth-order valence-electron chi connectivity index (χ4n) is 2.52. The van der Waals surface area contributed by atoms with Crippen molar-refractivity contribution in [2.24, 2.45) is 4.99 Å². The topological polar surface area (TPSA) is 77.0 Å². The van der Waals surface area contributed by atoms with Gasteiger partial charge in [-0.1, -0.05) is 6.92 Å². The number of carbonyl (C=O) groups is 2. The summed E-state index contributed by atoms with van der Waals surface area (Å²) in [5, 5.41) is 6.47. The van der Waals surface area contributed by atoms with E-state index in [4.69, 9.17) is 0 Å². The number of rotatable bonds is 5. The molecule has 0 saturated carbocycles. The second kappa shape index (κ2) is 10.2. The monoisotopic (exact) mass is 455 g/mol. The van der Waals surface area contributed by atoms with Crippen LogP contribution in [0.4, 0.5) is 4.79 Å². The lowest BCUT2D eigenvalue weighted by atomic mass is 10.3. The Morgan fingerprint density at radius 2 is 2.22 bits per heavy atom. The van der Waals surface area contributed by atoms with Crippen LogP contribution in [0, 0.1) is 0 Å². The van der Waals surface area contributed by atoms with E-state index < -0.39 is 0 Å². The smallest absolute Gasteiger partial charge is 0.324 e. The molecule has 2 aliphatic heterocycles. The van der Waals surface area contributed by atoms with Crippen LogP contribution in [0.3, 0.4) is 0 Å². The van der Waals surface area contributed by atoms with Crippen molar-refractivity contribution in [3.63, 3.8) is 0 Å². The van der Waals surface area contributed by atoms with Gasteiger partial charge < -0.3 is 15.5 Å². The second-order valence-corrected chi connectivity index (χ2v) is 6.70. The maximum absolute atomic E-state index is 11.5. The van der Waals surface area contributed by atoms with Crippen molar-refractivity contribution >= 4 is 53.6 Å². The van der Waals surface area contributed by atoms with Crippen LogP contribution < -0.4 is 10.6 Å². The molecule has 2 aliphatic rings. The Morgan fingerprint density at radius 1 is 1.43 bits per heavy atom. The van der Waals surface area contributed by atoms with Crippen molar-refractivity contribution in [1.82, 2.24) is 20.4 Å². The third kappa shape index (κ3) is 5.70. The maximum Gasteiger partial charge on any atom is 0.324 e. The molecule has 2 fully saturated rings. The summed E-state index contributed by atoms with van der Waals surface area (Å²) in [7, 11) is 0. The molecule has 132 valence electrons. The summed E-state index contributed by atoms with van der Waals surface area (Å²) < 4.78 is 0. The Kier molecular flexibility index (Phi) is 9.03. The zero-order valence-electron chi connectivity index (χ0n) is 13.7. The number of urea groups is 1. The van der Waals surface area contributed by atoms with E-state index in [2.05, 4.69) is 27.4 Å². The van der Waals surface area contributed by atoms with Gasteiger partial charge >= 0.3 is 6.03 Å². The molecule has 2 heterocycles. The lowest BCUT2D eigenvalue weighted by molar-refractivity contribution is -0.124. The summed E-state index contributed by atoms with van der Waals surface area (Å²) in [6.07, 6.45) is 1.16. The van der Waals surface area contributed by atoms with Gasteiger partial charge in [0.2, 0.25) is 5.91 Å². The van der Waals surface area contributed by atoms with Gasteiger partial charge in [0, 0.05) is 30.6 Å². The number of amides is 3. The number of aliphatic imine (C=N–C) groups is 1. The molecule has 0 aromatic rings. The number of imide groups is 1. The fourth-order valence-corrected chi connectivity index (χ4v) is 3.70. The maximum atomic E-state index is 11.5. The zero-order chi connectivity index (χ0) is 15.9. The summed E-state index contributed by atoms with van der Waals surface area (Å²) in [6.45, 7) is 7.91. The molecule has 2 rings (SSSR count). The van der Waals surface area contributed by atoms with E-state index in [0.29, 0.717) is 18.3 Å². The van der Waals surface area contributed by atoms with E-state index in [1.54, 1.807) is 0 Å². The summed E-state index contributed by atoms with van der Waals surface area (Å²) in [5.41, 5.74) is 0. The molecule has 7 nitrogen and oxygen atoms in total. The number of nitrogens with zero attached hydrogens (tertiary/aromatic N) is 3. The molecule has 2 saturated heterocycles. The zero-order valence-corrected chi connectivity index (χ0v) is 16.9. The molecule has 2 N–H and O–H groups in total. The molecule has 3 amide bonds. The largest absolute Gasteiger partial charge is 0.357 e. The molecule has 1 atom stereocenters. The minimum atomic E-state index is -0.314. The van der Waals surface area contributed by atoms with E-state index in [1.807, 2.05) is 18.7 Å². The lowest BCUT2D eigenvalue weighted by Gasteiger charge is -2.34. The molecule has 0 spiro atoms. The highest BCUT2D eigenvalue weighted by molar-refractivity contribution is 14.0. The van der Waals surface area contributed by atoms with E-state index in [-0.39, 0.29) is 42.5 Å². The van der Waals surface area contributed by atoms with Gasteiger partial charge in [0.15, 0.2) is 5.96 Å². The normalized spacial score (nSPS) is 22.0. The van der Waals surface area contributed by atoms with Crippen molar-refractivity contribution in [3.8, 4) is 0 Å². The van der Waals surface area contributed by atoms with Crippen LogP contribution in [0.5, 0.6) is 0 Å². The van der Waals surface area contributed by atoms with Gasteiger partial charge in [-0.05, 0) is 13.3 Å². The van der Waals surface area contributed by atoms with Gasteiger partial charge in [-0.25, -0.2) is 4.79 Å². The first-order chi connectivity index (χ1) is 10.7. The number of guanidine groups is 1. The summed E-state index contributed by atoms with van der Waals surface area (Å²) >= 11 is 2.02. The molecule has 0 bridgehead atoms. The van der Waals surface area contributed by atoms with Gasteiger partial charge in [0.1, 0.15) is 0 Å². The van der Waals surface area contributed by atoms with Gasteiger partial charge in [-0.3, -0.25) is 14.7 Å². The van der Waals surface area contributed by atoms with Gasteiger partial charge in [0.25, 0.3) is 0 Å². The van der Waals surface area contributed by atoms with Crippen molar-refractivity contribution in [2.75, 3.05) is 45.0 Å². The minimum absolute atomic E-state index is 0. The number of nitrogens with one attached hydrogen (secondary N) is 2. The first kappa shape index (κ1) is 20.3. The highest BCUT2D eigenvalue weighted by Gasteiger charge is 2.28. The third-order valence-electron chi connectivity index (χ3n) is 3.75. The van der Waals surface area contributed by atoms with Crippen molar-refractivity contribution in [3.05, 3.63) is 0 Å². The second-order valence-electron chi connectivity index (χ2n) is 5.29. The van der Waals surface area contributed by atoms with Gasteiger partial charge in [0.05, 0.1) is 19.6 Å². The number of hydrogen-bond donors (Lipinski definition) is 2. The molecule has 0 aromatic heterocycles. The van der Waals surface area contributed by atoms with Crippen LogP contribution in [-0.4, -0.2) is 78.0 Å². The highest BCUT2D eigenvalue weighted by atomic mass is 127. The number of carbonyl (C=O) groups excluding carboxylic acids is 2. The molecular formula is C14H26IN5O2S. The van der Waals surface area contributed by atoms with Crippen LogP contribution in [0.15, 0.2) is 4.99 Å². The summed E-state index contributed by atoms with van der Waals surface area (Å²) in [5.74, 6) is 1.81. The predicted octanol–water partition coefficient (Wildman–Crippen LogP) is 0.949. The van der Waals surface area contributed by atoms with Crippen molar-refractivity contribution in [2.45, 2.75) is 25.5 Å².